The van der Waals surface area contributed by atoms with Gasteiger partial charge in [-0.05, 0) is 43.9 Å². The molecule has 1 fully saturated rings. The Bertz CT molecular complexity index is 737. The van der Waals surface area contributed by atoms with Crippen LogP contribution in [-0.4, -0.2) is 56.4 Å². The fourth-order valence-electron chi connectivity index (χ4n) is 4.00. The van der Waals surface area contributed by atoms with Crippen molar-refractivity contribution in [2.45, 2.75) is 58.9 Å². The molecule has 1 aromatic rings. The second-order valence-electron chi connectivity index (χ2n) is 8.54. The van der Waals surface area contributed by atoms with Gasteiger partial charge < -0.3 is 20.9 Å². The number of hydrogen-bond acceptors (Lipinski definition) is 3. The molecule has 2 rings (SSSR count). The van der Waals surface area contributed by atoms with E-state index in [4.69, 9.17) is 0 Å². The molecule has 31 heavy (non-hydrogen) atoms. The number of nitrogens with zero attached hydrogens (tertiary/aromatic N) is 2. The molecular weight excluding hydrogens is 390 g/mol. The molecule has 0 bridgehead atoms. The van der Waals surface area contributed by atoms with Gasteiger partial charge in [0.25, 0.3) is 5.91 Å². The fourth-order valence-corrected chi connectivity index (χ4v) is 4.00. The summed E-state index contributed by atoms with van der Waals surface area (Å²) in [5.74, 6) is 0.869. The molecule has 3 N–H and O–H groups in total. The summed E-state index contributed by atoms with van der Waals surface area (Å²) in [6.07, 6.45) is 6.06. The van der Waals surface area contributed by atoms with E-state index in [1.54, 1.807) is 4.90 Å². The minimum atomic E-state index is -0.341. The predicted molar refractivity (Wildman–Crippen MR) is 126 cm³/mol. The monoisotopic (exact) mass is 429 g/mol. The average molecular weight is 430 g/mol. The van der Waals surface area contributed by atoms with E-state index in [1.165, 1.54) is 0 Å². The molecule has 0 heterocycles. The summed E-state index contributed by atoms with van der Waals surface area (Å²) in [6.45, 7) is 6.67. The Morgan fingerprint density at radius 1 is 1.03 bits per heavy atom. The highest BCUT2D eigenvalue weighted by Crippen LogP contribution is 2.38. The lowest BCUT2D eigenvalue weighted by Gasteiger charge is -2.31. The molecule has 1 aromatic carbocycles. The first-order valence-corrected chi connectivity index (χ1v) is 11.5. The third-order valence-electron chi connectivity index (χ3n) is 5.81. The largest absolute Gasteiger partial charge is 0.357 e. The van der Waals surface area contributed by atoms with Gasteiger partial charge in [-0.15, -0.1) is 0 Å². The molecule has 0 atom stereocenters. The van der Waals surface area contributed by atoms with Crippen LogP contribution < -0.4 is 16.0 Å². The number of nitrogens with one attached hydrogen (secondary N) is 3. The lowest BCUT2D eigenvalue weighted by molar-refractivity contribution is -0.138. The highest BCUT2D eigenvalue weighted by Gasteiger charge is 2.42. The number of unbranched alkanes of at least 4 members (excludes halogenated alkanes) is 1. The van der Waals surface area contributed by atoms with Crippen molar-refractivity contribution >= 4 is 17.8 Å². The Kier molecular flexibility index (Phi) is 9.82. The van der Waals surface area contributed by atoms with Crippen molar-refractivity contribution in [3.63, 3.8) is 0 Å². The van der Waals surface area contributed by atoms with Gasteiger partial charge in [-0.25, -0.2) is 4.99 Å². The van der Waals surface area contributed by atoms with E-state index in [0.29, 0.717) is 31.2 Å². The normalized spacial score (nSPS) is 15.4. The molecule has 172 valence electrons. The molecule has 7 nitrogen and oxygen atoms in total. The molecule has 0 spiro atoms. The van der Waals surface area contributed by atoms with Gasteiger partial charge in [0.15, 0.2) is 5.96 Å². The van der Waals surface area contributed by atoms with Gasteiger partial charge in [0.05, 0.1) is 12.0 Å². The van der Waals surface area contributed by atoms with Crippen LogP contribution in [0.2, 0.25) is 0 Å². The van der Waals surface area contributed by atoms with E-state index in [9.17, 15) is 9.59 Å². The Labute approximate surface area is 187 Å². The van der Waals surface area contributed by atoms with Crippen molar-refractivity contribution < 1.29 is 9.59 Å². The van der Waals surface area contributed by atoms with Crippen LogP contribution in [0.5, 0.6) is 0 Å². The molecule has 1 saturated carbocycles. The number of hydrogen-bond donors (Lipinski definition) is 3. The topological polar surface area (TPSA) is 85.8 Å². The second-order valence-corrected chi connectivity index (χ2v) is 8.54. The van der Waals surface area contributed by atoms with E-state index in [1.807, 2.05) is 45.3 Å². The summed E-state index contributed by atoms with van der Waals surface area (Å²) in [4.78, 5) is 31.3. The van der Waals surface area contributed by atoms with Crippen LogP contribution in [0.1, 0.15) is 68.3 Å². The summed E-state index contributed by atoms with van der Waals surface area (Å²) < 4.78 is 0. The van der Waals surface area contributed by atoms with Gasteiger partial charge in [-0.1, -0.05) is 38.3 Å². The van der Waals surface area contributed by atoms with Crippen LogP contribution >= 0.6 is 0 Å². The van der Waals surface area contributed by atoms with E-state index in [-0.39, 0.29) is 17.2 Å². The third-order valence-corrected chi connectivity index (χ3v) is 5.81. The number of guanidine groups is 1. The first kappa shape index (κ1) is 24.7. The molecule has 0 saturated heterocycles. The molecule has 0 radical (unpaired) electrons. The lowest BCUT2D eigenvalue weighted by atomic mass is 9.84. The van der Waals surface area contributed by atoms with Crippen molar-refractivity contribution in [2.75, 3.05) is 33.7 Å². The minimum absolute atomic E-state index is 0.0362. The van der Waals surface area contributed by atoms with Crippen molar-refractivity contribution in [3.05, 3.63) is 35.4 Å². The van der Waals surface area contributed by atoms with Gasteiger partial charge >= 0.3 is 0 Å². The highest BCUT2D eigenvalue weighted by molar-refractivity contribution is 5.94. The van der Waals surface area contributed by atoms with E-state index in [0.717, 1.165) is 50.6 Å². The number of rotatable bonds is 10. The zero-order chi connectivity index (χ0) is 22.7. The quantitative estimate of drug-likeness (QED) is 0.303. The van der Waals surface area contributed by atoms with Crippen LogP contribution in [0.3, 0.4) is 0 Å². The number of amides is 2. The smallest absolute Gasteiger partial charge is 0.251 e. The summed E-state index contributed by atoms with van der Waals surface area (Å²) in [5.41, 5.74) is 1.36. The van der Waals surface area contributed by atoms with E-state index < -0.39 is 0 Å². The minimum Gasteiger partial charge on any atom is -0.357 e. The van der Waals surface area contributed by atoms with Gasteiger partial charge in [0.2, 0.25) is 5.91 Å². The molecular formula is C24H39N5O2. The molecule has 1 aliphatic rings. The molecule has 0 aliphatic heterocycles. The van der Waals surface area contributed by atoms with Crippen molar-refractivity contribution in [3.8, 4) is 0 Å². The van der Waals surface area contributed by atoms with Crippen LogP contribution in [0, 0.1) is 5.41 Å². The third kappa shape index (κ3) is 7.26. The summed E-state index contributed by atoms with van der Waals surface area (Å²) in [7, 11) is 3.66. The van der Waals surface area contributed by atoms with Crippen molar-refractivity contribution in [1.29, 1.82) is 0 Å². The Hall–Kier alpha value is -2.57. The lowest BCUT2D eigenvalue weighted by Crippen LogP contribution is -2.49. The Morgan fingerprint density at radius 2 is 1.71 bits per heavy atom. The highest BCUT2D eigenvalue weighted by atomic mass is 16.2. The number of aliphatic imine (C=N–C) groups is 1. The van der Waals surface area contributed by atoms with Gasteiger partial charge in [-0.2, -0.15) is 0 Å². The summed E-state index contributed by atoms with van der Waals surface area (Å²) in [6, 6.07) is 7.57. The van der Waals surface area contributed by atoms with Crippen molar-refractivity contribution in [1.82, 2.24) is 20.9 Å². The van der Waals surface area contributed by atoms with Crippen molar-refractivity contribution in [2.24, 2.45) is 10.4 Å². The van der Waals surface area contributed by atoms with E-state index in [2.05, 4.69) is 27.9 Å². The van der Waals surface area contributed by atoms with Gasteiger partial charge in [0, 0.05) is 39.3 Å². The zero-order valence-corrected chi connectivity index (χ0v) is 19.6. The first-order chi connectivity index (χ1) is 14.9. The van der Waals surface area contributed by atoms with Crippen LogP contribution in [0.15, 0.2) is 29.3 Å². The standard InChI is InChI=1S/C24H39N5O2/c1-5-7-16-26-21(30)20-12-10-19(11-13-20)17-27-23(25-6-2)28-18-24(14-8-9-15-24)22(31)29(3)4/h10-13H,5-9,14-18H2,1-4H3,(H,26,30)(H2,25,27,28). The first-order valence-electron chi connectivity index (χ1n) is 11.5. The van der Waals surface area contributed by atoms with Gasteiger partial charge in [0.1, 0.15) is 0 Å². The van der Waals surface area contributed by atoms with Crippen LogP contribution in [-0.2, 0) is 11.3 Å². The Morgan fingerprint density at radius 3 is 2.29 bits per heavy atom. The molecule has 1 aliphatic carbocycles. The van der Waals surface area contributed by atoms with Gasteiger partial charge in [-0.3, -0.25) is 9.59 Å². The molecule has 7 heteroatoms. The second kappa shape index (κ2) is 12.3. The SMILES string of the molecule is CCCCNC(=O)c1ccc(CN=C(NCC)NCC2(C(=O)N(C)C)CCCC2)cc1. The number of carbonyl (C=O) groups is 2. The zero-order valence-electron chi connectivity index (χ0n) is 19.6. The van der Waals surface area contributed by atoms with Crippen LogP contribution in [0.4, 0.5) is 0 Å². The Balaban J connectivity index is 1.97. The summed E-state index contributed by atoms with van der Waals surface area (Å²) >= 11 is 0. The maximum Gasteiger partial charge on any atom is 0.251 e. The maximum absolute atomic E-state index is 12.8. The molecule has 0 aromatic heterocycles. The number of carbonyl (C=O) groups excluding carboxylic acids is 2. The van der Waals surface area contributed by atoms with Crippen LogP contribution in [0.25, 0.3) is 0 Å². The number of benzene rings is 1. The predicted octanol–water partition coefficient (Wildman–Crippen LogP) is 2.92. The summed E-state index contributed by atoms with van der Waals surface area (Å²) in [5, 5.41) is 9.60. The fraction of sp³-hybridized carbons (Fsp3) is 0.625. The molecule has 0 unspecified atom stereocenters. The van der Waals surface area contributed by atoms with E-state index >= 15 is 0 Å². The maximum atomic E-state index is 12.8. The molecule has 2 amide bonds. The average Bonchev–Trinajstić information content (AvgIpc) is 3.25.